The quantitative estimate of drug-likeness (QED) is 0.0222. The van der Waals surface area contributed by atoms with Gasteiger partial charge >= 0.3 is 39.5 Å². The van der Waals surface area contributed by atoms with E-state index in [1.165, 1.54) is 122 Å². The van der Waals surface area contributed by atoms with Crippen molar-refractivity contribution in [2.45, 2.75) is 330 Å². The second kappa shape index (κ2) is 55.6. The van der Waals surface area contributed by atoms with E-state index >= 15 is 0 Å². The molecule has 0 aromatic rings. The third kappa shape index (κ3) is 57.2. The van der Waals surface area contributed by atoms with Crippen LogP contribution in [-0.2, 0) is 65.4 Å². The molecule has 486 valence electrons. The van der Waals surface area contributed by atoms with Gasteiger partial charge in [0.05, 0.1) is 26.4 Å². The molecule has 17 nitrogen and oxygen atoms in total. The lowest BCUT2D eigenvalue weighted by Crippen LogP contribution is -2.30. The lowest BCUT2D eigenvalue weighted by molar-refractivity contribution is -0.161. The summed E-state index contributed by atoms with van der Waals surface area (Å²) in [5, 5.41) is 10.5. The van der Waals surface area contributed by atoms with Gasteiger partial charge in [0.15, 0.2) is 12.2 Å². The average Bonchev–Trinajstić information content (AvgIpc) is 3.43. The zero-order valence-corrected chi connectivity index (χ0v) is 54.6. The SMILES string of the molecule is CCCCCCCCCCCCCCCC(=O)O[C@H](COC(=O)CCCCCCCCCCC(C)C)COP(=O)(O)OC[C@@H](O)COP(=O)(O)OC[C@@H](COC(=O)CCCCCCCCCC)OC(=O)CCCCCCCCCC(C)C. The molecule has 0 rings (SSSR count). The van der Waals surface area contributed by atoms with Crippen molar-refractivity contribution in [2.24, 2.45) is 11.8 Å². The first-order chi connectivity index (χ1) is 39.4. The van der Waals surface area contributed by atoms with E-state index in [0.717, 1.165) is 102 Å². The molecular formula is C63H122O17P2. The van der Waals surface area contributed by atoms with Gasteiger partial charge in [-0.25, -0.2) is 9.13 Å². The number of hydrogen-bond donors (Lipinski definition) is 3. The molecule has 0 aliphatic carbocycles. The van der Waals surface area contributed by atoms with Gasteiger partial charge in [-0.05, 0) is 37.5 Å². The van der Waals surface area contributed by atoms with Crippen LogP contribution in [0.3, 0.4) is 0 Å². The molecule has 82 heavy (non-hydrogen) atoms. The van der Waals surface area contributed by atoms with E-state index in [2.05, 4.69) is 41.5 Å². The van der Waals surface area contributed by atoms with Gasteiger partial charge in [0, 0.05) is 25.7 Å². The Bertz CT molecular complexity index is 1620. The number of aliphatic hydroxyl groups is 1. The van der Waals surface area contributed by atoms with Crippen LogP contribution in [0.25, 0.3) is 0 Å². The van der Waals surface area contributed by atoms with Crippen LogP contribution in [0.5, 0.6) is 0 Å². The van der Waals surface area contributed by atoms with Gasteiger partial charge < -0.3 is 33.8 Å². The predicted octanol–water partition coefficient (Wildman–Crippen LogP) is 17.3. The third-order valence-electron chi connectivity index (χ3n) is 14.5. The van der Waals surface area contributed by atoms with Gasteiger partial charge in [-0.15, -0.1) is 0 Å². The maximum absolute atomic E-state index is 13.0. The normalized spacial score (nSPS) is 14.3. The highest BCUT2D eigenvalue weighted by molar-refractivity contribution is 7.47. The van der Waals surface area contributed by atoms with Gasteiger partial charge in [-0.2, -0.15) is 0 Å². The van der Waals surface area contributed by atoms with Gasteiger partial charge in [0.2, 0.25) is 0 Å². The third-order valence-corrected chi connectivity index (χ3v) is 16.4. The minimum atomic E-state index is -4.94. The van der Waals surface area contributed by atoms with Crippen LogP contribution >= 0.6 is 15.6 Å². The smallest absolute Gasteiger partial charge is 0.462 e. The molecule has 0 aromatic heterocycles. The standard InChI is InChI=1S/C63H122O17P2/c1-7-9-11-13-15-17-18-19-20-21-29-35-41-47-62(67)79-58(52-74-61(66)46-40-34-28-23-22-25-31-37-43-55(3)4)53-77-81(69,70)75-49-57(64)50-76-82(71,72)78-54-59(51-73-60(65)45-39-33-27-16-14-12-10-8-2)80-63(68)48-42-36-30-24-26-32-38-44-56(5)6/h55-59,64H,7-54H2,1-6H3,(H,69,70)(H,71,72)/t57-,58-,59-/m1/s1. The zero-order chi connectivity index (χ0) is 60.8. The van der Waals surface area contributed by atoms with Crippen LogP contribution in [0.1, 0.15) is 311 Å². The topological polar surface area (TPSA) is 237 Å². The Morgan fingerprint density at radius 1 is 0.329 bits per heavy atom. The fourth-order valence-electron chi connectivity index (χ4n) is 9.35. The Morgan fingerprint density at radius 3 is 0.829 bits per heavy atom. The van der Waals surface area contributed by atoms with Crippen LogP contribution in [0.15, 0.2) is 0 Å². The second-order valence-electron chi connectivity index (χ2n) is 23.7. The highest BCUT2D eigenvalue weighted by Gasteiger charge is 2.30. The molecule has 0 heterocycles. The highest BCUT2D eigenvalue weighted by atomic mass is 31.2. The number of unbranched alkanes of at least 4 members (excludes halogenated alkanes) is 32. The highest BCUT2D eigenvalue weighted by Crippen LogP contribution is 2.45. The maximum Gasteiger partial charge on any atom is 0.472 e. The van der Waals surface area contributed by atoms with Crippen LogP contribution in [0, 0.1) is 11.8 Å². The molecule has 0 amide bonds. The van der Waals surface area contributed by atoms with E-state index < -0.39 is 97.5 Å². The Morgan fingerprint density at radius 2 is 0.561 bits per heavy atom. The summed E-state index contributed by atoms with van der Waals surface area (Å²) in [6.45, 7) is 9.37. The van der Waals surface area contributed by atoms with Crippen molar-refractivity contribution in [3.63, 3.8) is 0 Å². The lowest BCUT2D eigenvalue weighted by Gasteiger charge is -2.21. The minimum Gasteiger partial charge on any atom is -0.462 e. The Labute approximate surface area is 498 Å². The van der Waals surface area contributed by atoms with Crippen molar-refractivity contribution in [3.8, 4) is 0 Å². The molecule has 0 spiro atoms. The molecule has 19 heteroatoms. The summed E-state index contributed by atoms with van der Waals surface area (Å²) in [7, 11) is -9.88. The summed E-state index contributed by atoms with van der Waals surface area (Å²) in [6, 6.07) is 0. The van der Waals surface area contributed by atoms with Crippen molar-refractivity contribution < 1.29 is 80.2 Å². The Kier molecular flexibility index (Phi) is 54.3. The first-order valence-electron chi connectivity index (χ1n) is 33.0. The summed E-state index contributed by atoms with van der Waals surface area (Å²) in [6.07, 6.45) is 37.7. The molecule has 2 unspecified atom stereocenters. The molecular weight excluding hydrogens is 1090 g/mol. The largest absolute Gasteiger partial charge is 0.472 e. The van der Waals surface area contributed by atoms with Crippen LogP contribution in [0.2, 0.25) is 0 Å². The monoisotopic (exact) mass is 1210 g/mol. The van der Waals surface area contributed by atoms with E-state index in [1.807, 2.05) is 0 Å². The Balaban J connectivity index is 5.23. The molecule has 0 aliphatic heterocycles. The summed E-state index contributed by atoms with van der Waals surface area (Å²) < 4.78 is 67.9. The van der Waals surface area contributed by atoms with Crippen molar-refractivity contribution in [3.05, 3.63) is 0 Å². The van der Waals surface area contributed by atoms with Crippen molar-refractivity contribution >= 4 is 39.5 Å². The minimum absolute atomic E-state index is 0.103. The predicted molar refractivity (Wildman–Crippen MR) is 326 cm³/mol. The first-order valence-corrected chi connectivity index (χ1v) is 36.0. The van der Waals surface area contributed by atoms with Gasteiger partial charge in [0.25, 0.3) is 0 Å². The number of aliphatic hydroxyl groups excluding tert-OH is 1. The van der Waals surface area contributed by atoms with E-state index in [9.17, 15) is 43.2 Å². The molecule has 0 fully saturated rings. The maximum atomic E-state index is 13.0. The van der Waals surface area contributed by atoms with E-state index in [1.54, 1.807) is 0 Å². The molecule has 0 saturated carbocycles. The number of phosphoric acid groups is 2. The van der Waals surface area contributed by atoms with Crippen molar-refractivity contribution in [2.75, 3.05) is 39.6 Å². The summed E-state index contributed by atoms with van der Waals surface area (Å²) >= 11 is 0. The van der Waals surface area contributed by atoms with Gasteiger partial charge in [0.1, 0.15) is 19.3 Å². The number of carbonyl (C=O) groups is 4. The number of esters is 4. The van der Waals surface area contributed by atoms with Crippen molar-refractivity contribution in [1.82, 2.24) is 0 Å². The van der Waals surface area contributed by atoms with Gasteiger partial charge in [-0.3, -0.25) is 37.3 Å². The van der Waals surface area contributed by atoms with E-state index in [4.69, 9.17) is 37.0 Å². The van der Waals surface area contributed by atoms with Gasteiger partial charge in [-0.1, -0.05) is 260 Å². The number of hydrogen-bond acceptors (Lipinski definition) is 15. The number of rotatable bonds is 62. The summed E-state index contributed by atoms with van der Waals surface area (Å²) in [5.74, 6) is -0.716. The number of ether oxygens (including phenoxy) is 4. The fraction of sp³-hybridized carbons (Fsp3) is 0.937. The molecule has 0 saturated heterocycles. The second-order valence-corrected chi connectivity index (χ2v) is 26.7. The summed E-state index contributed by atoms with van der Waals surface area (Å²) in [5.41, 5.74) is 0. The molecule has 0 bridgehead atoms. The van der Waals surface area contributed by atoms with Crippen LogP contribution in [0.4, 0.5) is 0 Å². The summed E-state index contributed by atoms with van der Waals surface area (Å²) in [4.78, 5) is 72.1. The molecule has 5 atom stereocenters. The zero-order valence-electron chi connectivity index (χ0n) is 52.8. The van der Waals surface area contributed by atoms with Crippen LogP contribution in [-0.4, -0.2) is 96.7 Å². The first kappa shape index (κ1) is 80.1. The van der Waals surface area contributed by atoms with Crippen molar-refractivity contribution in [1.29, 1.82) is 0 Å². The lowest BCUT2D eigenvalue weighted by atomic mass is 10.0. The molecule has 0 aromatic carbocycles. The molecule has 3 N–H and O–H groups in total. The number of carbonyl (C=O) groups excluding carboxylic acids is 4. The van der Waals surface area contributed by atoms with E-state index in [0.29, 0.717) is 31.6 Å². The molecule has 0 radical (unpaired) electrons. The number of phosphoric ester groups is 2. The van der Waals surface area contributed by atoms with E-state index in [-0.39, 0.29) is 25.7 Å². The average molecular weight is 1210 g/mol. The Hall–Kier alpha value is -1.94. The van der Waals surface area contributed by atoms with Crippen LogP contribution < -0.4 is 0 Å². The fourth-order valence-corrected chi connectivity index (χ4v) is 10.9. The molecule has 0 aliphatic rings.